The molecule has 0 spiro atoms. The van der Waals surface area contributed by atoms with Crippen molar-refractivity contribution in [1.82, 2.24) is 10.2 Å². The van der Waals surface area contributed by atoms with E-state index < -0.39 is 0 Å². The van der Waals surface area contributed by atoms with E-state index >= 15 is 0 Å². The van der Waals surface area contributed by atoms with Crippen LogP contribution in [-0.4, -0.2) is 42.7 Å². The molecule has 0 unspecified atom stereocenters. The maximum atomic E-state index is 11.8. The quantitative estimate of drug-likeness (QED) is 0.620. The third kappa shape index (κ3) is 7.00. The molecule has 116 valence electrons. The first kappa shape index (κ1) is 16.4. The number of benzene rings is 1. The zero-order valence-electron chi connectivity index (χ0n) is 12.7. The second kappa shape index (κ2) is 9.85. The summed E-state index contributed by atoms with van der Waals surface area (Å²) in [4.78, 5) is 15.5. The van der Waals surface area contributed by atoms with Gasteiger partial charge in [-0.05, 0) is 51.0 Å². The van der Waals surface area contributed by atoms with Gasteiger partial charge in [0.05, 0.1) is 5.75 Å². The van der Waals surface area contributed by atoms with E-state index in [9.17, 15) is 4.79 Å². The molecule has 21 heavy (non-hydrogen) atoms. The molecule has 0 bridgehead atoms. The van der Waals surface area contributed by atoms with E-state index in [1.807, 2.05) is 30.3 Å². The Labute approximate surface area is 132 Å². The van der Waals surface area contributed by atoms with Gasteiger partial charge in [0.2, 0.25) is 5.91 Å². The highest BCUT2D eigenvalue weighted by Gasteiger charge is 2.08. The molecule has 1 N–H and O–H groups in total. The van der Waals surface area contributed by atoms with Crippen molar-refractivity contribution < 1.29 is 4.79 Å². The standard InChI is InChI=1S/C17H26N2OS/c20-17(15-21-16-9-4-3-5-10-16)18-11-8-14-19-12-6-1-2-7-13-19/h3-5,9-10H,1-2,6-8,11-15H2,(H,18,20). The normalized spacial score (nSPS) is 16.4. The summed E-state index contributed by atoms with van der Waals surface area (Å²) in [6, 6.07) is 10.1. The number of amides is 1. The topological polar surface area (TPSA) is 32.3 Å². The lowest BCUT2D eigenvalue weighted by atomic mass is 10.2. The van der Waals surface area contributed by atoms with Crippen LogP contribution in [0.5, 0.6) is 0 Å². The Morgan fingerprint density at radius 1 is 1.10 bits per heavy atom. The highest BCUT2D eigenvalue weighted by Crippen LogP contribution is 2.16. The minimum atomic E-state index is 0.139. The molecular formula is C17H26N2OS. The van der Waals surface area contributed by atoms with Crippen LogP contribution >= 0.6 is 11.8 Å². The highest BCUT2D eigenvalue weighted by atomic mass is 32.2. The monoisotopic (exact) mass is 306 g/mol. The van der Waals surface area contributed by atoms with Crippen molar-refractivity contribution in [2.45, 2.75) is 37.0 Å². The fourth-order valence-electron chi connectivity index (χ4n) is 2.61. The van der Waals surface area contributed by atoms with Crippen molar-refractivity contribution in [2.24, 2.45) is 0 Å². The Morgan fingerprint density at radius 3 is 2.52 bits per heavy atom. The van der Waals surface area contributed by atoms with Gasteiger partial charge in [-0.2, -0.15) is 0 Å². The minimum absolute atomic E-state index is 0.139. The lowest BCUT2D eigenvalue weighted by Crippen LogP contribution is -2.31. The largest absolute Gasteiger partial charge is 0.355 e. The van der Waals surface area contributed by atoms with E-state index in [0.717, 1.165) is 24.4 Å². The summed E-state index contributed by atoms with van der Waals surface area (Å²) in [6.07, 6.45) is 6.48. The average molecular weight is 306 g/mol. The van der Waals surface area contributed by atoms with Gasteiger partial charge in [0.15, 0.2) is 0 Å². The Morgan fingerprint density at radius 2 is 1.81 bits per heavy atom. The van der Waals surface area contributed by atoms with Crippen molar-refractivity contribution in [3.63, 3.8) is 0 Å². The molecule has 0 saturated carbocycles. The second-order valence-electron chi connectivity index (χ2n) is 5.56. The van der Waals surface area contributed by atoms with Gasteiger partial charge in [-0.3, -0.25) is 4.79 Å². The summed E-state index contributed by atoms with van der Waals surface area (Å²) in [5, 5.41) is 3.02. The Balaban J connectivity index is 1.52. The number of hydrogen-bond acceptors (Lipinski definition) is 3. The number of rotatable bonds is 7. The number of thioether (sulfide) groups is 1. The predicted molar refractivity (Wildman–Crippen MR) is 89.7 cm³/mol. The molecule has 0 aliphatic carbocycles. The van der Waals surface area contributed by atoms with Gasteiger partial charge in [-0.1, -0.05) is 31.0 Å². The van der Waals surface area contributed by atoms with Crippen LogP contribution in [0.3, 0.4) is 0 Å². The molecular weight excluding hydrogens is 280 g/mol. The molecule has 2 rings (SSSR count). The van der Waals surface area contributed by atoms with E-state index in [1.165, 1.54) is 38.8 Å². The van der Waals surface area contributed by atoms with Gasteiger partial charge < -0.3 is 10.2 Å². The van der Waals surface area contributed by atoms with Crippen LogP contribution in [0.4, 0.5) is 0 Å². The summed E-state index contributed by atoms with van der Waals surface area (Å²) in [5.74, 6) is 0.646. The average Bonchev–Trinajstić information content (AvgIpc) is 2.79. The summed E-state index contributed by atoms with van der Waals surface area (Å²) in [5.41, 5.74) is 0. The summed E-state index contributed by atoms with van der Waals surface area (Å²) >= 11 is 1.59. The van der Waals surface area contributed by atoms with Crippen LogP contribution in [0.25, 0.3) is 0 Å². The van der Waals surface area contributed by atoms with Crippen LogP contribution in [0.15, 0.2) is 35.2 Å². The zero-order chi connectivity index (χ0) is 14.8. The van der Waals surface area contributed by atoms with Crippen molar-refractivity contribution in [1.29, 1.82) is 0 Å². The van der Waals surface area contributed by atoms with Crippen molar-refractivity contribution in [2.75, 3.05) is 31.9 Å². The number of likely N-dealkylation sites (tertiary alicyclic amines) is 1. The maximum absolute atomic E-state index is 11.8. The van der Waals surface area contributed by atoms with Crippen molar-refractivity contribution in [3.05, 3.63) is 30.3 Å². The van der Waals surface area contributed by atoms with Crippen molar-refractivity contribution in [3.8, 4) is 0 Å². The van der Waals surface area contributed by atoms with E-state index in [0.29, 0.717) is 5.75 Å². The van der Waals surface area contributed by atoms with Crippen molar-refractivity contribution >= 4 is 17.7 Å². The Hall–Kier alpha value is -1.00. The van der Waals surface area contributed by atoms with Crippen LogP contribution in [0.1, 0.15) is 32.1 Å². The lowest BCUT2D eigenvalue weighted by molar-refractivity contribution is -0.118. The molecule has 0 atom stereocenters. The summed E-state index contributed by atoms with van der Waals surface area (Å²) in [7, 11) is 0. The fourth-order valence-corrected chi connectivity index (χ4v) is 3.36. The first-order valence-corrected chi connectivity index (χ1v) is 9.00. The molecule has 1 aromatic carbocycles. The SMILES string of the molecule is O=C(CSc1ccccc1)NCCCN1CCCCCC1. The molecule has 4 heteroatoms. The molecule has 1 aliphatic heterocycles. The Bertz CT molecular complexity index is 403. The summed E-state index contributed by atoms with van der Waals surface area (Å²) < 4.78 is 0. The van der Waals surface area contributed by atoms with Gasteiger partial charge in [-0.25, -0.2) is 0 Å². The van der Waals surface area contributed by atoms with Gasteiger partial charge in [0.1, 0.15) is 0 Å². The van der Waals surface area contributed by atoms with Crippen LogP contribution in [-0.2, 0) is 4.79 Å². The maximum Gasteiger partial charge on any atom is 0.230 e. The molecule has 3 nitrogen and oxygen atoms in total. The van der Waals surface area contributed by atoms with Gasteiger partial charge in [-0.15, -0.1) is 11.8 Å². The second-order valence-corrected chi connectivity index (χ2v) is 6.61. The molecule has 1 aliphatic rings. The number of carbonyl (C=O) groups is 1. The molecule has 1 saturated heterocycles. The van der Waals surface area contributed by atoms with Gasteiger partial charge in [0.25, 0.3) is 0 Å². The fraction of sp³-hybridized carbons (Fsp3) is 0.588. The van der Waals surface area contributed by atoms with Gasteiger partial charge in [0, 0.05) is 11.4 Å². The smallest absolute Gasteiger partial charge is 0.230 e. The summed E-state index contributed by atoms with van der Waals surface area (Å²) in [6.45, 7) is 4.38. The number of nitrogens with one attached hydrogen (secondary N) is 1. The highest BCUT2D eigenvalue weighted by molar-refractivity contribution is 8.00. The van der Waals surface area contributed by atoms with E-state index in [-0.39, 0.29) is 5.91 Å². The van der Waals surface area contributed by atoms with Crippen LogP contribution < -0.4 is 5.32 Å². The minimum Gasteiger partial charge on any atom is -0.355 e. The zero-order valence-corrected chi connectivity index (χ0v) is 13.5. The Kier molecular flexibility index (Phi) is 7.68. The molecule has 1 amide bonds. The van der Waals surface area contributed by atoms with Gasteiger partial charge >= 0.3 is 0 Å². The molecule has 0 aromatic heterocycles. The third-order valence-electron chi connectivity index (χ3n) is 3.79. The first-order chi connectivity index (χ1) is 10.3. The van der Waals surface area contributed by atoms with E-state index in [2.05, 4.69) is 10.2 Å². The predicted octanol–water partition coefficient (Wildman–Crippen LogP) is 3.16. The number of nitrogens with zero attached hydrogens (tertiary/aromatic N) is 1. The lowest BCUT2D eigenvalue weighted by Gasteiger charge is -2.19. The molecule has 1 fully saturated rings. The number of carbonyl (C=O) groups excluding carboxylic acids is 1. The third-order valence-corrected chi connectivity index (χ3v) is 4.80. The number of hydrogen-bond donors (Lipinski definition) is 1. The van der Waals surface area contributed by atoms with E-state index in [4.69, 9.17) is 0 Å². The van der Waals surface area contributed by atoms with Crippen LogP contribution in [0, 0.1) is 0 Å². The van der Waals surface area contributed by atoms with Crippen LogP contribution in [0.2, 0.25) is 0 Å². The molecule has 1 aromatic rings. The first-order valence-electron chi connectivity index (χ1n) is 8.01. The molecule has 0 radical (unpaired) electrons. The molecule has 1 heterocycles. The van der Waals surface area contributed by atoms with E-state index in [1.54, 1.807) is 11.8 Å².